The van der Waals surface area contributed by atoms with Crippen molar-refractivity contribution >= 4 is 46.5 Å². The SMILES string of the molecule is N#CC(=Cc1c(Oc2ccc(Cl)cc2)nc2ccccn2c1=O)C(=O)Nc1ccc(Cl)cc1. The molecule has 0 spiro atoms. The van der Waals surface area contributed by atoms with Crippen molar-refractivity contribution in [3.05, 3.63) is 104 Å². The Morgan fingerprint density at radius 1 is 1.03 bits per heavy atom. The van der Waals surface area contributed by atoms with Crippen LogP contribution < -0.4 is 15.6 Å². The number of amides is 1. The highest BCUT2D eigenvalue weighted by molar-refractivity contribution is 6.30. The zero-order valence-corrected chi connectivity index (χ0v) is 18.3. The highest BCUT2D eigenvalue weighted by Crippen LogP contribution is 2.25. The van der Waals surface area contributed by atoms with Gasteiger partial charge in [0.2, 0.25) is 5.88 Å². The summed E-state index contributed by atoms with van der Waals surface area (Å²) in [7, 11) is 0. The van der Waals surface area contributed by atoms with Crippen LogP contribution in [0.5, 0.6) is 11.6 Å². The summed E-state index contributed by atoms with van der Waals surface area (Å²) in [6.45, 7) is 0. The van der Waals surface area contributed by atoms with Crippen LogP contribution in [0.2, 0.25) is 10.0 Å². The fraction of sp³-hybridized carbons (Fsp3) is 0. The molecule has 0 aliphatic rings. The predicted octanol–water partition coefficient (Wildman–Crippen LogP) is 5.34. The molecule has 0 aliphatic heterocycles. The Hall–Kier alpha value is -4.12. The molecule has 33 heavy (non-hydrogen) atoms. The zero-order valence-electron chi connectivity index (χ0n) is 16.8. The first-order valence-electron chi connectivity index (χ1n) is 9.58. The summed E-state index contributed by atoms with van der Waals surface area (Å²) in [5, 5.41) is 13.2. The number of rotatable bonds is 5. The molecule has 2 aromatic heterocycles. The number of hydrogen-bond acceptors (Lipinski definition) is 5. The van der Waals surface area contributed by atoms with E-state index >= 15 is 0 Å². The van der Waals surface area contributed by atoms with Gasteiger partial charge in [0.15, 0.2) is 0 Å². The van der Waals surface area contributed by atoms with Gasteiger partial charge >= 0.3 is 0 Å². The molecule has 2 aromatic carbocycles. The van der Waals surface area contributed by atoms with Crippen LogP contribution in [0.1, 0.15) is 5.56 Å². The van der Waals surface area contributed by atoms with Crippen LogP contribution in [0.3, 0.4) is 0 Å². The maximum Gasteiger partial charge on any atom is 0.269 e. The third-order valence-corrected chi connectivity index (χ3v) is 5.02. The molecular weight excluding hydrogens is 463 g/mol. The molecule has 0 fully saturated rings. The van der Waals surface area contributed by atoms with E-state index in [2.05, 4.69) is 10.3 Å². The lowest BCUT2D eigenvalue weighted by atomic mass is 10.1. The van der Waals surface area contributed by atoms with Gasteiger partial charge < -0.3 is 10.1 Å². The number of nitrogens with zero attached hydrogens (tertiary/aromatic N) is 3. The van der Waals surface area contributed by atoms with Crippen molar-refractivity contribution in [2.45, 2.75) is 0 Å². The van der Waals surface area contributed by atoms with Crippen LogP contribution in [0.4, 0.5) is 5.69 Å². The Bertz CT molecular complexity index is 1470. The average molecular weight is 477 g/mol. The van der Waals surface area contributed by atoms with Gasteiger partial charge in [-0.15, -0.1) is 0 Å². The standard InChI is InChI=1S/C24H14Cl2N4O3/c25-16-4-8-18(9-5-16)28-22(31)15(14-27)13-20-23(33-19-10-6-17(26)7-11-19)29-21-3-1-2-12-30(21)24(20)32/h1-13H,(H,28,31). The van der Waals surface area contributed by atoms with E-state index in [0.29, 0.717) is 27.1 Å². The van der Waals surface area contributed by atoms with Crippen molar-refractivity contribution in [2.75, 3.05) is 5.32 Å². The molecule has 2 heterocycles. The second-order valence-corrected chi connectivity index (χ2v) is 7.62. The molecular formula is C24H14Cl2N4O3. The zero-order chi connectivity index (χ0) is 23.4. The van der Waals surface area contributed by atoms with Gasteiger partial charge in [0.1, 0.15) is 28.6 Å². The molecule has 4 aromatic rings. The fourth-order valence-electron chi connectivity index (χ4n) is 2.92. The topological polar surface area (TPSA) is 96.5 Å². The summed E-state index contributed by atoms with van der Waals surface area (Å²) in [6, 6.07) is 19.7. The van der Waals surface area contributed by atoms with E-state index in [1.165, 1.54) is 10.6 Å². The normalized spacial score (nSPS) is 11.1. The van der Waals surface area contributed by atoms with E-state index in [9.17, 15) is 14.9 Å². The van der Waals surface area contributed by atoms with Gasteiger partial charge in [0.25, 0.3) is 11.5 Å². The molecule has 0 saturated carbocycles. The number of carbonyl (C=O) groups excluding carboxylic acids is 1. The summed E-state index contributed by atoms with van der Waals surface area (Å²) in [6.07, 6.45) is 2.69. The summed E-state index contributed by atoms with van der Waals surface area (Å²) < 4.78 is 7.12. The van der Waals surface area contributed by atoms with Gasteiger partial charge in [-0.05, 0) is 66.7 Å². The van der Waals surface area contributed by atoms with Crippen molar-refractivity contribution in [2.24, 2.45) is 0 Å². The number of nitrogens with one attached hydrogen (secondary N) is 1. The second-order valence-electron chi connectivity index (χ2n) is 6.75. The van der Waals surface area contributed by atoms with Crippen LogP contribution >= 0.6 is 23.2 Å². The second kappa shape index (κ2) is 9.57. The number of fused-ring (bicyclic) bond motifs is 1. The first kappa shape index (κ1) is 22.1. The minimum absolute atomic E-state index is 0.0550. The number of ether oxygens (including phenoxy) is 1. The number of carbonyl (C=O) groups is 1. The molecule has 7 nitrogen and oxygen atoms in total. The van der Waals surface area contributed by atoms with Crippen molar-refractivity contribution in [3.8, 4) is 17.7 Å². The highest BCUT2D eigenvalue weighted by Gasteiger charge is 2.17. The maximum absolute atomic E-state index is 13.2. The maximum atomic E-state index is 13.2. The summed E-state index contributed by atoms with van der Waals surface area (Å²) in [5.41, 5.74) is -0.0852. The smallest absolute Gasteiger partial charge is 0.269 e. The van der Waals surface area contributed by atoms with E-state index < -0.39 is 11.5 Å². The van der Waals surface area contributed by atoms with Gasteiger partial charge in [-0.2, -0.15) is 10.2 Å². The monoisotopic (exact) mass is 476 g/mol. The molecule has 4 rings (SSSR count). The lowest BCUT2D eigenvalue weighted by Gasteiger charge is -2.10. The number of halogens is 2. The van der Waals surface area contributed by atoms with E-state index in [1.807, 2.05) is 6.07 Å². The Morgan fingerprint density at radius 2 is 1.70 bits per heavy atom. The number of pyridine rings is 1. The van der Waals surface area contributed by atoms with Crippen LogP contribution in [-0.2, 0) is 4.79 Å². The molecule has 9 heteroatoms. The number of benzene rings is 2. The number of nitriles is 1. The number of aromatic nitrogens is 2. The molecule has 0 atom stereocenters. The summed E-state index contributed by atoms with van der Waals surface area (Å²) in [4.78, 5) is 30.3. The molecule has 1 amide bonds. The Balaban J connectivity index is 1.78. The average Bonchev–Trinajstić information content (AvgIpc) is 2.82. The van der Waals surface area contributed by atoms with E-state index in [0.717, 1.165) is 6.08 Å². The van der Waals surface area contributed by atoms with Crippen LogP contribution in [-0.4, -0.2) is 15.3 Å². The van der Waals surface area contributed by atoms with Gasteiger partial charge in [-0.3, -0.25) is 14.0 Å². The fourth-order valence-corrected chi connectivity index (χ4v) is 3.17. The summed E-state index contributed by atoms with van der Waals surface area (Å²) >= 11 is 11.8. The Labute approximate surface area is 198 Å². The number of hydrogen-bond donors (Lipinski definition) is 1. The van der Waals surface area contributed by atoms with E-state index in [1.54, 1.807) is 66.7 Å². The van der Waals surface area contributed by atoms with Crippen molar-refractivity contribution in [3.63, 3.8) is 0 Å². The molecule has 0 saturated heterocycles. The number of anilines is 1. The van der Waals surface area contributed by atoms with Crippen molar-refractivity contribution < 1.29 is 9.53 Å². The lowest BCUT2D eigenvalue weighted by molar-refractivity contribution is -0.112. The first-order chi connectivity index (χ1) is 15.9. The summed E-state index contributed by atoms with van der Waals surface area (Å²) in [5.74, 6) is -0.374. The van der Waals surface area contributed by atoms with E-state index in [-0.39, 0.29) is 17.0 Å². The Kier molecular flexibility index (Phi) is 6.41. The Morgan fingerprint density at radius 3 is 2.36 bits per heavy atom. The van der Waals surface area contributed by atoms with Crippen molar-refractivity contribution in [1.29, 1.82) is 5.26 Å². The van der Waals surface area contributed by atoms with E-state index in [4.69, 9.17) is 27.9 Å². The van der Waals surface area contributed by atoms with Crippen LogP contribution in [0.15, 0.2) is 83.3 Å². The minimum Gasteiger partial charge on any atom is -0.438 e. The third-order valence-electron chi connectivity index (χ3n) is 4.52. The van der Waals surface area contributed by atoms with Crippen LogP contribution in [0.25, 0.3) is 11.7 Å². The highest BCUT2D eigenvalue weighted by atomic mass is 35.5. The van der Waals surface area contributed by atoms with Gasteiger partial charge in [-0.1, -0.05) is 29.3 Å². The van der Waals surface area contributed by atoms with Gasteiger partial charge in [0.05, 0.1) is 0 Å². The quantitative estimate of drug-likeness (QED) is 0.309. The third kappa shape index (κ3) is 5.04. The molecule has 0 bridgehead atoms. The van der Waals surface area contributed by atoms with Gasteiger partial charge in [-0.25, -0.2) is 0 Å². The predicted molar refractivity (Wildman–Crippen MR) is 127 cm³/mol. The molecule has 1 N–H and O–H groups in total. The van der Waals surface area contributed by atoms with Crippen LogP contribution in [0, 0.1) is 11.3 Å². The minimum atomic E-state index is -0.699. The largest absolute Gasteiger partial charge is 0.438 e. The van der Waals surface area contributed by atoms with Crippen molar-refractivity contribution in [1.82, 2.24) is 9.38 Å². The first-order valence-corrected chi connectivity index (χ1v) is 10.3. The molecule has 162 valence electrons. The molecule has 0 radical (unpaired) electrons. The van der Waals surface area contributed by atoms with Gasteiger partial charge in [0, 0.05) is 21.9 Å². The lowest BCUT2D eigenvalue weighted by Crippen LogP contribution is -2.20. The molecule has 0 unspecified atom stereocenters. The molecule has 0 aliphatic carbocycles.